The van der Waals surface area contributed by atoms with Crippen LogP contribution in [-0.4, -0.2) is 44.9 Å². The van der Waals surface area contributed by atoms with Crippen molar-refractivity contribution in [3.05, 3.63) is 88.4 Å². The van der Waals surface area contributed by atoms with Crippen molar-refractivity contribution in [2.45, 2.75) is 33.7 Å². The van der Waals surface area contributed by atoms with Gasteiger partial charge in [0, 0.05) is 6.20 Å². The Morgan fingerprint density at radius 3 is 2.59 bits per heavy atom. The second-order valence-corrected chi connectivity index (χ2v) is 10.9. The Hall–Kier alpha value is -4.70. The number of hydrogen-bond acceptors (Lipinski definition) is 8. The Kier molecular flexibility index (Phi) is 6.50. The van der Waals surface area contributed by atoms with E-state index in [0.717, 1.165) is 15.8 Å². The highest BCUT2D eigenvalue weighted by atomic mass is 32.1. The van der Waals surface area contributed by atoms with Crippen molar-refractivity contribution in [2.75, 3.05) is 18.6 Å². The van der Waals surface area contributed by atoms with Crippen LogP contribution in [0.25, 0.3) is 21.6 Å². The van der Waals surface area contributed by atoms with Crippen molar-refractivity contribution in [3.63, 3.8) is 0 Å². The summed E-state index contributed by atoms with van der Waals surface area (Å²) in [6.45, 7) is 8.03. The molecule has 208 valence electrons. The van der Waals surface area contributed by atoms with Crippen LogP contribution < -0.4 is 14.4 Å². The zero-order chi connectivity index (χ0) is 29.0. The summed E-state index contributed by atoms with van der Waals surface area (Å²) in [5.41, 5.74) is 4.70. The molecule has 3 aromatic heterocycles. The number of nitrogens with zero attached hydrogens (tertiary/aromatic N) is 4. The molecule has 0 bridgehead atoms. The van der Waals surface area contributed by atoms with Crippen LogP contribution in [0.2, 0.25) is 0 Å². The summed E-state index contributed by atoms with van der Waals surface area (Å²) in [7, 11) is 1.52. The lowest BCUT2D eigenvalue weighted by Gasteiger charge is -2.23. The second-order valence-electron chi connectivity index (χ2n) is 9.91. The summed E-state index contributed by atoms with van der Waals surface area (Å²) < 4.78 is 14.0. The number of methoxy groups -OCH3 is 1. The Morgan fingerprint density at radius 1 is 1.05 bits per heavy atom. The molecule has 0 radical (unpaired) electrons. The number of benzene rings is 2. The maximum absolute atomic E-state index is 13.8. The average molecular weight is 569 g/mol. The van der Waals surface area contributed by atoms with E-state index >= 15 is 0 Å². The van der Waals surface area contributed by atoms with Gasteiger partial charge in [-0.05, 0) is 74.7 Å². The minimum atomic E-state index is -0.980. The molecule has 4 heterocycles. The summed E-state index contributed by atoms with van der Waals surface area (Å²) in [6.07, 6.45) is 1.85. The van der Waals surface area contributed by atoms with Crippen LogP contribution >= 0.6 is 11.3 Å². The number of ether oxygens (including phenoxy) is 2. The molecule has 1 N–H and O–H groups in total. The molecule has 6 rings (SSSR count). The maximum atomic E-state index is 13.8. The van der Waals surface area contributed by atoms with Gasteiger partial charge in [0.2, 0.25) is 0 Å². The molecule has 9 nitrogen and oxygen atoms in total. The summed E-state index contributed by atoms with van der Waals surface area (Å²) in [5.74, 6) is -0.977. The number of fused-ring (bicyclic) bond motifs is 2. The lowest BCUT2D eigenvalue weighted by Crippen LogP contribution is -2.29. The van der Waals surface area contributed by atoms with Gasteiger partial charge < -0.3 is 19.0 Å². The second kappa shape index (κ2) is 10.0. The zero-order valence-electron chi connectivity index (χ0n) is 23.3. The lowest BCUT2D eigenvalue weighted by atomic mass is 9.96. The molecule has 5 aromatic rings. The number of aryl methyl sites for hydroxylation is 3. The van der Waals surface area contributed by atoms with Crippen molar-refractivity contribution < 1.29 is 24.2 Å². The van der Waals surface area contributed by atoms with Crippen molar-refractivity contribution in [2.24, 2.45) is 0 Å². The molecule has 1 unspecified atom stereocenters. The van der Waals surface area contributed by atoms with E-state index in [-0.39, 0.29) is 17.0 Å². The summed E-state index contributed by atoms with van der Waals surface area (Å²) in [5, 5.41) is 12.1. The van der Waals surface area contributed by atoms with Crippen LogP contribution in [-0.2, 0) is 9.59 Å². The first-order valence-electron chi connectivity index (χ1n) is 13.2. The van der Waals surface area contributed by atoms with E-state index in [1.807, 2.05) is 68.6 Å². The van der Waals surface area contributed by atoms with Gasteiger partial charge in [0.05, 0.1) is 41.2 Å². The Labute approximate surface area is 240 Å². The highest BCUT2D eigenvalue weighted by Crippen LogP contribution is 2.46. The van der Waals surface area contributed by atoms with Gasteiger partial charge in [0.25, 0.3) is 5.78 Å². The van der Waals surface area contributed by atoms with Gasteiger partial charge in [-0.2, -0.15) is 0 Å². The van der Waals surface area contributed by atoms with Gasteiger partial charge in [-0.3, -0.25) is 14.5 Å². The van der Waals surface area contributed by atoms with E-state index in [1.54, 1.807) is 18.2 Å². The van der Waals surface area contributed by atoms with Crippen molar-refractivity contribution in [1.82, 2.24) is 14.4 Å². The first kappa shape index (κ1) is 26.5. The molecular formula is C31H28N4O5S. The third-order valence-corrected chi connectivity index (χ3v) is 8.31. The number of carbonyl (C=O) groups is 2. The number of aliphatic hydroxyl groups excluding tert-OH is 1. The average Bonchev–Trinajstić information content (AvgIpc) is 3.61. The van der Waals surface area contributed by atoms with E-state index in [9.17, 15) is 14.7 Å². The first-order chi connectivity index (χ1) is 19.7. The summed E-state index contributed by atoms with van der Waals surface area (Å²) in [4.78, 5) is 38.2. The number of imidazole rings is 1. The van der Waals surface area contributed by atoms with Crippen LogP contribution in [0.4, 0.5) is 5.13 Å². The number of aliphatic hydroxyl groups is 1. The van der Waals surface area contributed by atoms with Crippen molar-refractivity contribution in [3.8, 4) is 11.5 Å². The Bertz CT molecular complexity index is 1900. The summed E-state index contributed by atoms with van der Waals surface area (Å²) in [6, 6.07) is 13.9. The largest absolute Gasteiger partial charge is 0.505 e. The molecule has 1 aliphatic rings. The third-order valence-electron chi connectivity index (χ3n) is 7.29. The SMILES string of the molecule is CCOc1ccc(C2C(=C(O)c3nc4c(C)cccn4c3C)C(=O)C(=O)N2c2nc3ccc(C)cc3s2)cc1OC. The monoisotopic (exact) mass is 568 g/mol. The molecule has 0 aliphatic carbocycles. The standard InChI is InChI=1S/C31H28N4O5S/c1-6-40-21-12-10-19(15-22(21)39-5)26-24(27(36)25-18(4)34-13-7-8-17(3)29(34)33-25)28(37)30(38)35(26)31-32-20-11-9-16(2)14-23(20)41-31/h7-15,26,36H,6H2,1-5H3. The number of carbonyl (C=O) groups excluding carboxylic acids is 2. The van der Waals surface area contributed by atoms with E-state index in [2.05, 4.69) is 4.98 Å². The first-order valence-corrected chi connectivity index (χ1v) is 14.0. The van der Waals surface area contributed by atoms with Gasteiger partial charge in [-0.25, -0.2) is 9.97 Å². The topological polar surface area (TPSA) is 106 Å². The zero-order valence-corrected chi connectivity index (χ0v) is 24.1. The number of amides is 1. The Morgan fingerprint density at radius 2 is 1.85 bits per heavy atom. The molecule has 0 saturated carbocycles. The molecule has 41 heavy (non-hydrogen) atoms. The quantitative estimate of drug-likeness (QED) is 0.154. The molecule has 1 saturated heterocycles. The van der Waals surface area contributed by atoms with Crippen LogP contribution in [0.1, 0.15) is 41.0 Å². The number of pyridine rings is 1. The number of ketones is 1. The third kappa shape index (κ3) is 4.22. The van der Waals surface area contributed by atoms with Crippen LogP contribution in [0.15, 0.2) is 60.3 Å². The van der Waals surface area contributed by atoms with Crippen molar-refractivity contribution >= 4 is 49.8 Å². The molecule has 1 atom stereocenters. The van der Waals surface area contributed by atoms with E-state index in [4.69, 9.17) is 14.5 Å². The number of anilines is 1. The number of hydrogen-bond donors (Lipinski definition) is 1. The predicted octanol–water partition coefficient (Wildman–Crippen LogP) is 5.90. The molecular weight excluding hydrogens is 540 g/mol. The molecule has 1 amide bonds. The Balaban J connectivity index is 1.60. The fraction of sp³-hybridized carbons (Fsp3) is 0.226. The van der Waals surface area contributed by atoms with Crippen LogP contribution in [0.3, 0.4) is 0 Å². The fourth-order valence-electron chi connectivity index (χ4n) is 5.27. The smallest absolute Gasteiger partial charge is 0.301 e. The molecule has 1 aliphatic heterocycles. The van der Waals surface area contributed by atoms with Crippen molar-refractivity contribution in [1.29, 1.82) is 0 Å². The summed E-state index contributed by atoms with van der Waals surface area (Å²) >= 11 is 1.31. The maximum Gasteiger partial charge on any atom is 0.301 e. The van der Waals surface area contributed by atoms with Gasteiger partial charge in [-0.1, -0.05) is 29.5 Å². The molecule has 10 heteroatoms. The minimum Gasteiger partial charge on any atom is -0.505 e. The van der Waals surface area contributed by atoms with E-state index in [1.165, 1.54) is 23.3 Å². The van der Waals surface area contributed by atoms with E-state index in [0.29, 0.717) is 45.7 Å². The lowest BCUT2D eigenvalue weighted by molar-refractivity contribution is -0.132. The van der Waals surface area contributed by atoms with Gasteiger partial charge in [0.15, 0.2) is 22.4 Å². The number of Topliss-reactive ketones (excluding diaryl/α,β-unsaturated/α-hetero) is 1. The van der Waals surface area contributed by atoms with Gasteiger partial charge in [0.1, 0.15) is 11.3 Å². The normalized spacial score (nSPS) is 16.7. The highest BCUT2D eigenvalue weighted by molar-refractivity contribution is 7.22. The highest BCUT2D eigenvalue weighted by Gasteiger charge is 2.49. The molecule has 2 aromatic carbocycles. The van der Waals surface area contributed by atoms with E-state index < -0.39 is 17.7 Å². The minimum absolute atomic E-state index is 0.0687. The number of thiazole rings is 1. The number of rotatable bonds is 6. The fourth-order valence-corrected chi connectivity index (χ4v) is 6.36. The number of aromatic nitrogens is 3. The molecule has 1 fully saturated rings. The molecule has 0 spiro atoms. The predicted molar refractivity (Wildman–Crippen MR) is 158 cm³/mol. The van der Waals surface area contributed by atoms with Gasteiger partial charge in [-0.15, -0.1) is 0 Å². The van der Waals surface area contributed by atoms with Crippen LogP contribution in [0, 0.1) is 20.8 Å². The van der Waals surface area contributed by atoms with Crippen LogP contribution in [0.5, 0.6) is 11.5 Å². The van der Waals surface area contributed by atoms with Gasteiger partial charge >= 0.3 is 5.91 Å².